The SMILES string of the molecule is NC[C@H]1CC[C@@H](CC(=O)NCc2cccc3ncnn23)N1CC1CC1. The number of nitrogens with zero attached hydrogens (tertiary/aromatic N) is 4. The first-order valence-electron chi connectivity index (χ1n) is 9.24. The average Bonchev–Trinajstić information content (AvgIpc) is 3.16. The maximum absolute atomic E-state index is 12.5. The van der Waals surface area contributed by atoms with Gasteiger partial charge < -0.3 is 11.1 Å². The molecule has 2 aromatic heterocycles. The molecule has 2 aromatic rings. The first-order valence-corrected chi connectivity index (χ1v) is 9.24. The van der Waals surface area contributed by atoms with Crippen molar-refractivity contribution >= 4 is 11.6 Å². The molecular formula is C18H26N6O. The summed E-state index contributed by atoms with van der Waals surface area (Å²) in [6.07, 6.45) is 6.92. The van der Waals surface area contributed by atoms with Crippen molar-refractivity contribution in [2.45, 2.75) is 50.7 Å². The Kier molecular flexibility index (Phi) is 4.67. The summed E-state index contributed by atoms with van der Waals surface area (Å²) in [7, 11) is 0. The number of amides is 1. The number of carbonyl (C=O) groups excluding carboxylic acids is 1. The zero-order valence-electron chi connectivity index (χ0n) is 14.5. The maximum atomic E-state index is 12.5. The second-order valence-electron chi connectivity index (χ2n) is 7.29. The zero-order chi connectivity index (χ0) is 17.2. The fourth-order valence-corrected chi connectivity index (χ4v) is 3.89. The van der Waals surface area contributed by atoms with Gasteiger partial charge in [-0.3, -0.25) is 9.69 Å². The largest absolute Gasteiger partial charge is 0.350 e. The molecule has 3 N–H and O–H groups in total. The van der Waals surface area contributed by atoms with Gasteiger partial charge in [0.05, 0.1) is 12.2 Å². The van der Waals surface area contributed by atoms with E-state index in [9.17, 15) is 4.79 Å². The smallest absolute Gasteiger partial charge is 0.221 e. The van der Waals surface area contributed by atoms with E-state index in [1.54, 1.807) is 4.52 Å². The third-order valence-corrected chi connectivity index (χ3v) is 5.48. The number of rotatable bonds is 7. The lowest BCUT2D eigenvalue weighted by atomic mass is 10.1. The van der Waals surface area contributed by atoms with Crippen LogP contribution >= 0.6 is 0 Å². The van der Waals surface area contributed by atoms with Gasteiger partial charge in [0.1, 0.15) is 6.33 Å². The predicted molar refractivity (Wildman–Crippen MR) is 94.7 cm³/mol. The Morgan fingerprint density at radius 3 is 2.88 bits per heavy atom. The number of carbonyl (C=O) groups is 1. The molecule has 1 saturated heterocycles. The van der Waals surface area contributed by atoms with Crippen LogP contribution in [0.2, 0.25) is 0 Å². The quantitative estimate of drug-likeness (QED) is 0.782. The van der Waals surface area contributed by atoms with Gasteiger partial charge in [-0.15, -0.1) is 0 Å². The van der Waals surface area contributed by atoms with Crippen molar-refractivity contribution in [3.8, 4) is 0 Å². The van der Waals surface area contributed by atoms with Gasteiger partial charge in [0.15, 0.2) is 5.65 Å². The summed E-state index contributed by atoms with van der Waals surface area (Å²) in [6.45, 7) is 2.27. The second-order valence-corrected chi connectivity index (χ2v) is 7.29. The lowest BCUT2D eigenvalue weighted by Crippen LogP contribution is -2.43. The Morgan fingerprint density at radius 2 is 2.08 bits per heavy atom. The third-order valence-electron chi connectivity index (χ3n) is 5.48. The average molecular weight is 342 g/mol. The molecule has 0 spiro atoms. The fourth-order valence-electron chi connectivity index (χ4n) is 3.89. The number of likely N-dealkylation sites (tertiary alicyclic amines) is 1. The van der Waals surface area contributed by atoms with Gasteiger partial charge in [0, 0.05) is 31.6 Å². The molecule has 2 aliphatic rings. The molecule has 3 heterocycles. The molecule has 0 unspecified atom stereocenters. The van der Waals surface area contributed by atoms with Gasteiger partial charge >= 0.3 is 0 Å². The summed E-state index contributed by atoms with van der Waals surface area (Å²) in [4.78, 5) is 19.1. The third kappa shape index (κ3) is 3.67. The molecule has 7 heteroatoms. The number of hydrogen-bond donors (Lipinski definition) is 2. The normalized spacial score (nSPS) is 24.0. The predicted octanol–water partition coefficient (Wildman–Crippen LogP) is 0.937. The first-order chi connectivity index (χ1) is 12.2. The van der Waals surface area contributed by atoms with E-state index < -0.39 is 0 Å². The Bertz CT molecular complexity index is 740. The summed E-state index contributed by atoms with van der Waals surface area (Å²) in [5.41, 5.74) is 7.66. The standard InChI is InChI=1S/C18H26N6O/c19-9-15-7-6-14(23(15)11-13-4-5-13)8-18(25)20-10-16-2-1-3-17-21-12-22-24(16)17/h1-3,12-15H,4-11,19H2,(H,20,25)/t14-,15+/m0/s1. The van der Waals surface area contributed by atoms with Crippen molar-refractivity contribution in [1.82, 2.24) is 24.8 Å². The van der Waals surface area contributed by atoms with E-state index in [-0.39, 0.29) is 5.91 Å². The number of nitrogens with one attached hydrogen (secondary N) is 1. The topological polar surface area (TPSA) is 88.5 Å². The van der Waals surface area contributed by atoms with Crippen LogP contribution in [0.25, 0.3) is 5.65 Å². The monoisotopic (exact) mass is 342 g/mol. The minimum Gasteiger partial charge on any atom is -0.350 e. The molecule has 0 radical (unpaired) electrons. The van der Waals surface area contributed by atoms with Crippen LogP contribution in [0.1, 0.15) is 37.8 Å². The van der Waals surface area contributed by atoms with Gasteiger partial charge in [-0.05, 0) is 43.7 Å². The highest BCUT2D eigenvalue weighted by molar-refractivity contribution is 5.76. The van der Waals surface area contributed by atoms with E-state index in [2.05, 4.69) is 20.3 Å². The fraction of sp³-hybridized carbons (Fsp3) is 0.611. The molecular weight excluding hydrogens is 316 g/mol. The van der Waals surface area contributed by atoms with Crippen LogP contribution in [0.3, 0.4) is 0 Å². The maximum Gasteiger partial charge on any atom is 0.221 e. The molecule has 134 valence electrons. The molecule has 0 bridgehead atoms. The van der Waals surface area contributed by atoms with Crippen LogP contribution in [0.4, 0.5) is 0 Å². The number of hydrogen-bond acceptors (Lipinski definition) is 5. The van der Waals surface area contributed by atoms with Crippen LogP contribution < -0.4 is 11.1 Å². The Morgan fingerprint density at radius 1 is 1.24 bits per heavy atom. The van der Waals surface area contributed by atoms with E-state index in [0.29, 0.717) is 31.6 Å². The number of aromatic nitrogens is 3. The van der Waals surface area contributed by atoms with Gasteiger partial charge in [-0.2, -0.15) is 5.10 Å². The van der Waals surface area contributed by atoms with Gasteiger partial charge in [-0.1, -0.05) is 6.07 Å². The van der Waals surface area contributed by atoms with Gasteiger partial charge in [-0.25, -0.2) is 9.50 Å². The van der Waals surface area contributed by atoms with Crippen LogP contribution in [-0.2, 0) is 11.3 Å². The Balaban J connectivity index is 1.34. The number of nitrogens with two attached hydrogens (primary N) is 1. The van der Waals surface area contributed by atoms with Crippen molar-refractivity contribution in [3.05, 3.63) is 30.2 Å². The highest BCUT2D eigenvalue weighted by Crippen LogP contribution is 2.35. The molecule has 0 aromatic carbocycles. The Hall–Kier alpha value is -1.99. The van der Waals surface area contributed by atoms with E-state index in [4.69, 9.17) is 5.73 Å². The zero-order valence-corrected chi connectivity index (χ0v) is 14.5. The van der Waals surface area contributed by atoms with Crippen molar-refractivity contribution in [1.29, 1.82) is 0 Å². The van der Waals surface area contributed by atoms with E-state index >= 15 is 0 Å². The number of pyridine rings is 1. The van der Waals surface area contributed by atoms with Crippen LogP contribution in [-0.4, -0.2) is 50.6 Å². The summed E-state index contributed by atoms with van der Waals surface area (Å²) >= 11 is 0. The van der Waals surface area contributed by atoms with E-state index in [0.717, 1.165) is 36.6 Å². The van der Waals surface area contributed by atoms with E-state index in [1.807, 2.05) is 18.2 Å². The first kappa shape index (κ1) is 16.5. The number of fused-ring (bicyclic) bond motifs is 1. The van der Waals surface area contributed by atoms with Crippen molar-refractivity contribution in [2.75, 3.05) is 13.1 Å². The highest BCUT2D eigenvalue weighted by atomic mass is 16.1. The Labute approximate surface area is 147 Å². The molecule has 2 fully saturated rings. The van der Waals surface area contributed by atoms with Gasteiger partial charge in [0.2, 0.25) is 5.91 Å². The van der Waals surface area contributed by atoms with E-state index in [1.165, 1.54) is 19.2 Å². The van der Waals surface area contributed by atoms with Crippen LogP contribution in [0.5, 0.6) is 0 Å². The molecule has 1 amide bonds. The minimum atomic E-state index is 0.0978. The van der Waals surface area contributed by atoms with Crippen molar-refractivity contribution in [2.24, 2.45) is 11.7 Å². The molecule has 1 aliphatic heterocycles. The molecule has 25 heavy (non-hydrogen) atoms. The highest BCUT2D eigenvalue weighted by Gasteiger charge is 2.37. The molecule has 1 saturated carbocycles. The lowest BCUT2D eigenvalue weighted by molar-refractivity contribution is -0.122. The lowest BCUT2D eigenvalue weighted by Gasteiger charge is -2.29. The summed E-state index contributed by atoms with van der Waals surface area (Å²) in [5, 5.41) is 7.25. The summed E-state index contributed by atoms with van der Waals surface area (Å²) < 4.78 is 1.76. The molecule has 4 rings (SSSR count). The van der Waals surface area contributed by atoms with Crippen molar-refractivity contribution in [3.63, 3.8) is 0 Å². The summed E-state index contributed by atoms with van der Waals surface area (Å²) in [5.74, 6) is 0.920. The minimum absolute atomic E-state index is 0.0978. The molecule has 2 atom stereocenters. The van der Waals surface area contributed by atoms with Crippen LogP contribution in [0, 0.1) is 5.92 Å². The summed E-state index contributed by atoms with van der Waals surface area (Å²) in [6, 6.07) is 6.57. The molecule has 7 nitrogen and oxygen atoms in total. The van der Waals surface area contributed by atoms with Gasteiger partial charge in [0.25, 0.3) is 0 Å². The molecule has 1 aliphatic carbocycles. The second kappa shape index (κ2) is 7.09. The van der Waals surface area contributed by atoms with Crippen molar-refractivity contribution < 1.29 is 4.79 Å². The van der Waals surface area contributed by atoms with Crippen LogP contribution in [0.15, 0.2) is 24.5 Å².